The van der Waals surface area contributed by atoms with Gasteiger partial charge in [-0.1, -0.05) is 6.07 Å². The topological polar surface area (TPSA) is 71.5 Å². The van der Waals surface area contributed by atoms with E-state index >= 15 is 0 Å². The lowest BCUT2D eigenvalue weighted by atomic mass is 10.1. The molecule has 0 bridgehead atoms. The highest BCUT2D eigenvalue weighted by Crippen LogP contribution is 2.17. The summed E-state index contributed by atoms with van der Waals surface area (Å²) in [6.45, 7) is 3.27. The van der Waals surface area contributed by atoms with Gasteiger partial charge in [-0.15, -0.1) is 0 Å². The summed E-state index contributed by atoms with van der Waals surface area (Å²) in [5, 5.41) is 2.90. The van der Waals surface area contributed by atoms with E-state index in [0.29, 0.717) is 24.3 Å². The van der Waals surface area contributed by atoms with Crippen LogP contribution < -0.4 is 5.32 Å². The largest absolute Gasteiger partial charge is 0.376 e. The molecule has 0 unspecified atom stereocenters. The van der Waals surface area contributed by atoms with Gasteiger partial charge in [0.15, 0.2) is 5.78 Å². The van der Waals surface area contributed by atoms with Gasteiger partial charge in [-0.05, 0) is 55.7 Å². The summed E-state index contributed by atoms with van der Waals surface area (Å²) >= 11 is 0. The molecule has 1 aromatic heterocycles. The molecule has 1 N–H and O–H groups in total. The number of hydrogen-bond acceptors (Lipinski definition) is 4. The van der Waals surface area contributed by atoms with E-state index in [4.69, 9.17) is 4.74 Å². The van der Waals surface area contributed by atoms with Crippen LogP contribution >= 0.6 is 0 Å². The average Bonchev–Trinajstić information content (AvgIpc) is 3.15. The highest BCUT2D eigenvalue weighted by molar-refractivity contribution is 5.95. The number of pyridine rings is 1. The number of ketones is 1. The monoisotopic (exact) mass is 353 g/mol. The second-order valence-electron chi connectivity index (χ2n) is 6.44. The van der Waals surface area contributed by atoms with Crippen LogP contribution in [-0.2, 0) is 11.3 Å². The van der Waals surface area contributed by atoms with Crippen LogP contribution in [0.5, 0.6) is 0 Å². The summed E-state index contributed by atoms with van der Waals surface area (Å²) < 4.78 is 5.69. The number of rotatable bonds is 6. The predicted molar refractivity (Wildman–Crippen MR) is 99.1 cm³/mol. The van der Waals surface area contributed by atoms with Gasteiger partial charge in [-0.3, -0.25) is 9.78 Å². The van der Waals surface area contributed by atoms with Crippen molar-refractivity contribution in [2.75, 3.05) is 18.5 Å². The third kappa shape index (κ3) is 4.89. The van der Waals surface area contributed by atoms with Crippen molar-refractivity contribution in [2.24, 2.45) is 0 Å². The lowest BCUT2D eigenvalue weighted by Gasteiger charge is -2.26. The molecule has 0 radical (unpaired) electrons. The number of ether oxygens (including phenoxy) is 1. The van der Waals surface area contributed by atoms with Crippen LogP contribution in [0, 0.1) is 0 Å². The summed E-state index contributed by atoms with van der Waals surface area (Å²) in [6.07, 6.45) is 5.53. The number of carbonyl (C=O) groups is 2. The molecule has 1 saturated heterocycles. The third-order valence-corrected chi connectivity index (χ3v) is 4.37. The fourth-order valence-electron chi connectivity index (χ4n) is 2.96. The molecule has 1 aliphatic heterocycles. The number of carbonyl (C=O) groups excluding carboxylic acids is 2. The van der Waals surface area contributed by atoms with E-state index in [1.54, 1.807) is 41.6 Å². The average molecular weight is 353 g/mol. The van der Waals surface area contributed by atoms with Crippen LogP contribution in [0.4, 0.5) is 10.5 Å². The minimum absolute atomic E-state index is 0.000497. The molecule has 1 fully saturated rings. The van der Waals surface area contributed by atoms with Gasteiger partial charge in [-0.25, -0.2) is 4.79 Å². The molecule has 3 rings (SSSR count). The van der Waals surface area contributed by atoms with Crippen molar-refractivity contribution in [3.63, 3.8) is 0 Å². The predicted octanol–water partition coefficient (Wildman–Crippen LogP) is 3.50. The molecule has 0 aliphatic carbocycles. The van der Waals surface area contributed by atoms with E-state index in [-0.39, 0.29) is 17.9 Å². The normalized spacial score (nSPS) is 16.3. The Kier molecular flexibility index (Phi) is 5.96. The minimum atomic E-state index is -0.195. The Morgan fingerprint density at radius 1 is 1.27 bits per heavy atom. The Hall–Kier alpha value is -2.73. The van der Waals surface area contributed by atoms with Gasteiger partial charge in [0.1, 0.15) is 0 Å². The maximum Gasteiger partial charge on any atom is 0.322 e. The Morgan fingerprint density at radius 2 is 2.08 bits per heavy atom. The number of urea groups is 1. The fraction of sp³-hybridized carbons (Fsp3) is 0.350. The summed E-state index contributed by atoms with van der Waals surface area (Å²) in [4.78, 5) is 30.0. The first-order valence-electron chi connectivity index (χ1n) is 8.79. The van der Waals surface area contributed by atoms with Crippen molar-refractivity contribution in [1.29, 1.82) is 0 Å². The van der Waals surface area contributed by atoms with Crippen molar-refractivity contribution in [3.8, 4) is 0 Å². The maximum absolute atomic E-state index is 12.8. The lowest BCUT2D eigenvalue weighted by Crippen LogP contribution is -2.39. The standard InChI is InChI=1S/C20H23N3O3/c1-15(24)17-6-8-18(9-7-17)22-20(25)23(14-19-5-3-11-26-19)13-16-4-2-10-21-12-16/h2,4,6-10,12,19H,3,5,11,13-14H2,1H3,(H,22,25)/t19-/m1/s1. The van der Waals surface area contributed by atoms with Gasteiger partial charge in [0.2, 0.25) is 0 Å². The van der Waals surface area contributed by atoms with Crippen LogP contribution in [-0.4, -0.2) is 41.0 Å². The number of aromatic nitrogens is 1. The summed E-state index contributed by atoms with van der Waals surface area (Å²) in [7, 11) is 0. The molecule has 1 aromatic carbocycles. The Bertz CT molecular complexity index is 741. The Morgan fingerprint density at radius 3 is 2.69 bits per heavy atom. The Labute approximate surface area is 153 Å². The zero-order chi connectivity index (χ0) is 18.4. The van der Waals surface area contributed by atoms with Crippen molar-refractivity contribution in [2.45, 2.75) is 32.4 Å². The summed E-state index contributed by atoms with van der Waals surface area (Å²) in [6, 6.07) is 10.5. The van der Waals surface area contributed by atoms with Crippen LogP contribution in [0.2, 0.25) is 0 Å². The van der Waals surface area contributed by atoms with Crippen LogP contribution in [0.1, 0.15) is 35.7 Å². The summed E-state index contributed by atoms with van der Waals surface area (Å²) in [5.74, 6) is -0.000497. The minimum Gasteiger partial charge on any atom is -0.376 e. The number of hydrogen-bond donors (Lipinski definition) is 1. The van der Waals surface area contributed by atoms with E-state index in [2.05, 4.69) is 10.3 Å². The molecule has 26 heavy (non-hydrogen) atoms. The van der Waals surface area contributed by atoms with Gasteiger partial charge in [0, 0.05) is 43.3 Å². The molecule has 1 atom stereocenters. The first kappa shape index (κ1) is 18.1. The number of nitrogens with zero attached hydrogens (tertiary/aromatic N) is 2. The van der Waals surface area contributed by atoms with E-state index in [9.17, 15) is 9.59 Å². The Balaban J connectivity index is 1.69. The molecule has 2 heterocycles. The van der Waals surface area contributed by atoms with Crippen molar-refractivity contribution in [3.05, 3.63) is 59.9 Å². The van der Waals surface area contributed by atoms with Gasteiger partial charge in [0.25, 0.3) is 0 Å². The molecule has 1 aliphatic rings. The molecule has 0 saturated carbocycles. The molecule has 2 amide bonds. The lowest BCUT2D eigenvalue weighted by molar-refractivity contribution is 0.0819. The SMILES string of the molecule is CC(=O)c1ccc(NC(=O)N(Cc2cccnc2)C[C@H]2CCCO2)cc1. The zero-order valence-electron chi connectivity index (χ0n) is 14.9. The first-order chi connectivity index (χ1) is 12.6. The van der Waals surface area contributed by atoms with E-state index in [1.807, 2.05) is 12.1 Å². The zero-order valence-corrected chi connectivity index (χ0v) is 14.9. The number of Topliss-reactive ketones (excluding diaryl/α,β-unsaturated/α-hetero) is 1. The number of anilines is 1. The first-order valence-corrected chi connectivity index (χ1v) is 8.79. The highest BCUT2D eigenvalue weighted by Gasteiger charge is 2.23. The van der Waals surface area contributed by atoms with E-state index in [1.165, 1.54) is 6.92 Å². The van der Waals surface area contributed by atoms with Gasteiger partial charge in [0.05, 0.1) is 6.10 Å². The smallest absolute Gasteiger partial charge is 0.322 e. The quantitative estimate of drug-likeness (QED) is 0.807. The van der Waals surface area contributed by atoms with Gasteiger partial charge >= 0.3 is 6.03 Å². The number of amides is 2. The molecule has 0 spiro atoms. The summed E-state index contributed by atoms with van der Waals surface area (Å²) in [5.41, 5.74) is 2.24. The van der Waals surface area contributed by atoms with Crippen LogP contribution in [0.15, 0.2) is 48.8 Å². The van der Waals surface area contributed by atoms with Gasteiger partial charge < -0.3 is 15.0 Å². The van der Waals surface area contributed by atoms with Crippen LogP contribution in [0.3, 0.4) is 0 Å². The van der Waals surface area contributed by atoms with Crippen LogP contribution in [0.25, 0.3) is 0 Å². The molecular formula is C20H23N3O3. The molecule has 136 valence electrons. The molecule has 2 aromatic rings. The second kappa shape index (κ2) is 8.58. The number of benzene rings is 1. The fourth-order valence-corrected chi connectivity index (χ4v) is 2.96. The number of nitrogens with one attached hydrogen (secondary N) is 1. The second-order valence-corrected chi connectivity index (χ2v) is 6.44. The highest BCUT2D eigenvalue weighted by atomic mass is 16.5. The molecule has 6 heteroatoms. The van der Waals surface area contributed by atoms with Crippen molar-refractivity contribution in [1.82, 2.24) is 9.88 Å². The van der Waals surface area contributed by atoms with Crippen molar-refractivity contribution >= 4 is 17.5 Å². The van der Waals surface area contributed by atoms with Crippen molar-refractivity contribution < 1.29 is 14.3 Å². The third-order valence-electron chi connectivity index (χ3n) is 4.37. The maximum atomic E-state index is 12.8. The van der Waals surface area contributed by atoms with E-state index in [0.717, 1.165) is 25.0 Å². The van der Waals surface area contributed by atoms with E-state index < -0.39 is 0 Å². The molecule has 6 nitrogen and oxygen atoms in total. The molecular weight excluding hydrogens is 330 g/mol. The van der Waals surface area contributed by atoms with Gasteiger partial charge in [-0.2, -0.15) is 0 Å².